The first-order valence-electron chi connectivity index (χ1n) is 7.33. The Kier molecular flexibility index (Phi) is 6.89. The number of nitrogens with one attached hydrogen (secondary N) is 1. The molecule has 23 heavy (non-hydrogen) atoms. The van der Waals surface area contributed by atoms with Crippen molar-refractivity contribution in [1.82, 2.24) is 10.2 Å². The standard InChI is InChI=1S/C15H22N2O6/c1-4-5-23-15(22)17-8-10(18)7-12(19)13(17)16-11(14(20)21)6-9(2)3/h4,9,11,13,16H,1,5-8H2,2-3H3,(H,20,21)/t11-,13?/m0/s1. The summed E-state index contributed by atoms with van der Waals surface area (Å²) in [6.45, 7) is 6.73. The second-order valence-corrected chi connectivity index (χ2v) is 5.76. The van der Waals surface area contributed by atoms with Crippen LogP contribution in [0.1, 0.15) is 26.7 Å². The van der Waals surface area contributed by atoms with E-state index in [1.165, 1.54) is 6.08 Å². The number of carboxylic acid groups (broad SMARTS) is 1. The van der Waals surface area contributed by atoms with Gasteiger partial charge in [-0.1, -0.05) is 26.5 Å². The third-order valence-corrected chi connectivity index (χ3v) is 3.26. The van der Waals surface area contributed by atoms with E-state index in [9.17, 15) is 24.3 Å². The third kappa shape index (κ3) is 5.48. The molecule has 1 unspecified atom stereocenters. The van der Waals surface area contributed by atoms with Gasteiger partial charge in [0.05, 0.1) is 13.0 Å². The average Bonchev–Trinajstić information content (AvgIpc) is 2.45. The quantitative estimate of drug-likeness (QED) is 0.519. The van der Waals surface area contributed by atoms with Crippen molar-refractivity contribution in [3.8, 4) is 0 Å². The van der Waals surface area contributed by atoms with E-state index in [1.807, 2.05) is 13.8 Å². The lowest BCUT2D eigenvalue weighted by Gasteiger charge is -2.35. The number of hydrogen-bond acceptors (Lipinski definition) is 6. The fourth-order valence-electron chi connectivity index (χ4n) is 2.27. The van der Waals surface area contributed by atoms with Crippen LogP contribution in [0.3, 0.4) is 0 Å². The van der Waals surface area contributed by atoms with Crippen LogP contribution in [0.2, 0.25) is 0 Å². The minimum Gasteiger partial charge on any atom is -0.480 e. The molecule has 0 bridgehead atoms. The predicted molar refractivity (Wildman–Crippen MR) is 80.7 cm³/mol. The van der Waals surface area contributed by atoms with Crippen molar-refractivity contribution >= 4 is 23.6 Å². The van der Waals surface area contributed by atoms with Crippen molar-refractivity contribution in [2.45, 2.75) is 38.9 Å². The molecule has 128 valence electrons. The van der Waals surface area contributed by atoms with Gasteiger partial charge in [-0.05, 0) is 12.3 Å². The fourth-order valence-corrected chi connectivity index (χ4v) is 2.27. The van der Waals surface area contributed by atoms with Crippen LogP contribution in [-0.2, 0) is 19.1 Å². The number of amides is 1. The molecule has 0 spiro atoms. The molecule has 1 amide bonds. The number of carbonyl (C=O) groups is 4. The number of carboxylic acids is 1. The summed E-state index contributed by atoms with van der Waals surface area (Å²) in [5.41, 5.74) is 0. The highest BCUT2D eigenvalue weighted by Crippen LogP contribution is 2.14. The summed E-state index contributed by atoms with van der Waals surface area (Å²) in [5, 5.41) is 11.9. The first-order valence-corrected chi connectivity index (χ1v) is 7.33. The molecule has 8 nitrogen and oxygen atoms in total. The minimum absolute atomic E-state index is 0.0706. The van der Waals surface area contributed by atoms with Crippen molar-refractivity contribution in [1.29, 1.82) is 0 Å². The zero-order chi connectivity index (χ0) is 17.6. The number of rotatable bonds is 7. The summed E-state index contributed by atoms with van der Waals surface area (Å²) in [7, 11) is 0. The highest BCUT2D eigenvalue weighted by Gasteiger charge is 2.39. The number of carbonyl (C=O) groups excluding carboxylic acids is 3. The van der Waals surface area contributed by atoms with Crippen LogP contribution in [0.15, 0.2) is 12.7 Å². The number of ketones is 2. The molecule has 0 aromatic carbocycles. The number of ether oxygens (including phenoxy) is 1. The first-order chi connectivity index (χ1) is 10.8. The largest absolute Gasteiger partial charge is 0.480 e. The zero-order valence-electron chi connectivity index (χ0n) is 13.3. The van der Waals surface area contributed by atoms with Crippen molar-refractivity contribution in [3.63, 3.8) is 0 Å². The van der Waals surface area contributed by atoms with Gasteiger partial charge < -0.3 is 9.84 Å². The topological polar surface area (TPSA) is 113 Å². The van der Waals surface area contributed by atoms with Gasteiger partial charge in [0.2, 0.25) is 0 Å². The summed E-state index contributed by atoms with van der Waals surface area (Å²) in [4.78, 5) is 47.9. The van der Waals surface area contributed by atoms with E-state index in [0.29, 0.717) is 0 Å². The van der Waals surface area contributed by atoms with E-state index >= 15 is 0 Å². The van der Waals surface area contributed by atoms with Crippen LogP contribution in [0.4, 0.5) is 4.79 Å². The van der Waals surface area contributed by atoms with Gasteiger partial charge in [0.1, 0.15) is 18.8 Å². The maximum atomic E-state index is 12.1. The number of nitrogens with zero attached hydrogens (tertiary/aromatic N) is 1. The number of hydrogen-bond donors (Lipinski definition) is 2. The number of piperidine rings is 1. The molecule has 0 aromatic rings. The fraction of sp³-hybridized carbons (Fsp3) is 0.600. The Morgan fingerprint density at radius 1 is 1.48 bits per heavy atom. The average molecular weight is 326 g/mol. The first kappa shape index (κ1) is 18.8. The lowest BCUT2D eigenvalue weighted by atomic mass is 10.0. The summed E-state index contributed by atoms with van der Waals surface area (Å²) < 4.78 is 4.86. The zero-order valence-corrected chi connectivity index (χ0v) is 13.3. The maximum Gasteiger partial charge on any atom is 0.412 e. The summed E-state index contributed by atoms with van der Waals surface area (Å²) in [5.74, 6) is -2.01. The predicted octanol–water partition coefficient (Wildman–Crippen LogP) is 0.568. The molecule has 1 fully saturated rings. The molecule has 1 heterocycles. The summed E-state index contributed by atoms with van der Waals surface area (Å²) in [6.07, 6.45) is -0.755. The second kappa shape index (κ2) is 8.42. The molecule has 0 saturated carbocycles. The van der Waals surface area contributed by atoms with Crippen molar-refractivity contribution in [2.75, 3.05) is 13.2 Å². The Bertz CT molecular complexity index is 502. The Morgan fingerprint density at radius 2 is 2.13 bits per heavy atom. The van der Waals surface area contributed by atoms with Gasteiger partial charge in [-0.15, -0.1) is 0 Å². The molecule has 2 N–H and O–H groups in total. The minimum atomic E-state index is -1.19. The normalized spacial score (nSPS) is 19.6. The molecule has 0 radical (unpaired) electrons. The van der Waals surface area contributed by atoms with E-state index in [2.05, 4.69) is 11.9 Å². The van der Waals surface area contributed by atoms with Crippen LogP contribution in [0, 0.1) is 5.92 Å². The van der Waals surface area contributed by atoms with Crippen LogP contribution < -0.4 is 5.32 Å². The van der Waals surface area contributed by atoms with Crippen molar-refractivity contribution in [3.05, 3.63) is 12.7 Å². The molecule has 1 aliphatic rings. The molecule has 1 saturated heterocycles. The highest BCUT2D eigenvalue weighted by molar-refractivity contribution is 6.06. The molecule has 0 aromatic heterocycles. The van der Waals surface area contributed by atoms with Gasteiger partial charge in [0.25, 0.3) is 0 Å². The van der Waals surface area contributed by atoms with E-state index in [4.69, 9.17) is 4.74 Å². The van der Waals surface area contributed by atoms with Crippen LogP contribution in [-0.4, -0.2) is 59.0 Å². The monoisotopic (exact) mass is 326 g/mol. The third-order valence-electron chi connectivity index (χ3n) is 3.26. The van der Waals surface area contributed by atoms with Crippen LogP contribution in [0.25, 0.3) is 0 Å². The Balaban J connectivity index is 2.93. The molecule has 1 rings (SSSR count). The Morgan fingerprint density at radius 3 is 2.65 bits per heavy atom. The second-order valence-electron chi connectivity index (χ2n) is 5.76. The van der Waals surface area contributed by atoms with Crippen LogP contribution >= 0.6 is 0 Å². The number of likely N-dealkylation sites (tertiary alicyclic amines) is 1. The maximum absolute atomic E-state index is 12.1. The van der Waals surface area contributed by atoms with Gasteiger partial charge in [-0.2, -0.15) is 0 Å². The van der Waals surface area contributed by atoms with Crippen molar-refractivity contribution in [2.24, 2.45) is 5.92 Å². The Labute approximate surface area is 134 Å². The van der Waals surface area contributed by atoms with Gasteiger partial charge >= 0.3 is 12.1 Å². The molecule has 2 atom stereocenters. The smallest absolute Gasteiger partial charge is 0.412 e. The number of aliphatic carboxylic acids is 1. The van der Waals surface area contributed by atoms with E-state index in [1.54, 1.807) is 0 Å². The number of Topliss-reactive ketones (excluding diaryl/α,β-unsaturated/α-hetero) is 2. The van der Waals surface area contributed by atoms with E-state index < -0.39 is 35.8 Å². The van der Waals surface area contributed by atoms with Gasteiger partial charge in [-0.25, -0.2) is 4.79 Å². The Hall–Kier alpha value is -2.22. The molecule has 8 heteroatoms. The summed E-state index contributed by atoms with van der Waals surface area (Å²) >= 11 is 0. The SMILES string of the molecule is C=CCOC(=O)N1CC(=O)CC(=O)C1N[C@@H](CC(C)C)C(=O)O. The van der Waals surface area contributed by atoms with Gasteiger partial charge in [0.15, 0.2) is 11.6 Å². The lowest BCUT2D eigenvalue weighted by Crippen LogP contribution is -2.62. The molecule has 0 aliphatic carbocycles. The van der Waals surface area contributed by atoms with Gasteiger partial charge in [-0.3, -0.25) is 24.6 Å². The molecular formula is C15H22N2O6. The lowest BCUT2D eigenvalue weighted by molar-refractivity contribution is -0.142. The van der Waals surface area contributed by atoms with E-state index in [-0.39, 0.29) is 31.9 Å². The van der Waals surface area contributed by atoms with Gasteiger partial charge in [0, 0.05) is 0 Å². The van der Waals surface area contributed by atoms with Crippen LogP contribution in [0.5, 0.6) is 0 Å². The summed E-state index contributed by atoms with van der Waals surface area (Å²) in [6, 6.07) is -1.01. The van der Waals surface area contributed by atoms with E-state index in [0.717, 1.165) is 4.90 Å². The van der Waals surface area contributed by atoms with Crippen molar-refractivity contribution < 1.29 is 29.0 Å². The molecule has 1 aliphatic heterocycles. The highest BCUT2D eigenvalue weighted by atomic mass is 16.6. The molecular weight excluding hydrogens is 304 g/mol.